The Kier molecular flexibility index (Phi) is 5.80. The molecule has 1 atom stereocenters. The van der Waals surface area contributed by atoms with Gasteiger partial charge in [0.15, 0.2) is 0 Å². The Balaban J connectivity index is 2.34. The smallest absolute Gasteiger partial charge is 0.138 e. The molecule has 0 aliphatic heterocycles. The first-order valence-electron chi connectivity index (χ1n) is 6.54. The number of benzene rings is 1. The van der Waals surface area contributed by atoms with Crippen molar-refractivity contribution in [3.8, 4) is 5.75 Å². The quantitative estimate of drug-likeness (QED) is 0.443. The Bertz CT molecular complexity index is 622. The molecule has 1 unspecified atom stereocenters. The van der Waals surface area contributed by atoms with Gasteiger partial charge < -0.3 is 4.74 Å². The van der Waals surface area contributed by atoms with Gasteiger partial charge in [-0.2, -0.15) is 0 Å². The molecule has 0 saturated carbocycles. The van der Waals surface area contributed by atoms with Gasteiger partial charge in [-0.25, -0.2) is 5.43 Å². The van der Waals surface area contributed by atoms with Crippen molar-refractivity contribution in [2.45, 2.75) is 26.0 Å². The van der Waals surface area contributed by atoms with Crippen LogP contribution in [0.3, 0.4) is 0 Å². The maximum Gasteiger partial charge on any atom is 0.138 e. The van der Waals surface area contributed by atoms with E-state index in [4.69, 9.17) is 22.2 Å². The van der Waals surface area contributed by atoms with E-state index in [2.05, 4.69) is 33.0 Å². The van der Waals surface area contributed by atoms with Gasteiger partial charge in [-0.05, 0) is 65.8 Å². The zero-order chi connectivity index (χ0) is 15.4. The van der Waals surface area contributed by atoms with E-state index in [0.717, 1.165) is 20.4 Å². The van der Waals surface area contributed by atoms with E-state index in [1.54, 1.807) is 12.4 Å². The highest BCUT2D eigenvalue weighted by molar-refractivity contribution is 14.1. The summed E-state index contributed by atoms with van der Waals surface area (Å²) < 4.78 is 6.67. The Morgan fingerprint density at radius 1 is 1.24 bits per heavy atom. The second-order valence-corrected chi connectivity index (χ2v) is 6.46. The molecule has 0 aliphatic rings. The van der Waals surface area contributed by atoms with Crippen LogP contribution in [0.1, 0.15) is 31.0 Å². The van der Waals surface area contributed by atoms with Crippen LogP contribution in [0.2, 0.25) is 5.02 Å². The number of nitrogens with zero attached hydrogens (tertiary/aromatic N) is 1. The number of hydrogen-bond donors (Lipinski definition) is 2. The number of ether oxygens (including phenoxy) is 1. The molecular formula is C15H17ClIN3O. The fraction of sp³-hybridized carbons (Fsp3) is 0.267. The first-order chi connectivity index (χ1) is 10.0. The van der Waals surface area contributed by atoms with Crippen LogP contribution in [-0.4, -0.2) is 11.1 Å². The maximum absolute atomic E-state index is 6.19. The average Bonchev–Trinajstić information content (AvgIpc) is 2.43. The Labute approximate surface area is 143 Å². The second kappa shape index (κ2) is 7.40. The zero-order valence-electron chi connectivity index (χ0n) is 11.8. The average molecular weight is 418 g/mol. The number of rotatable bonds is 5. The molecule has 2 aromatic rings. The molecule has 2 rings (SSSR count). The third-order valence-corrected chi connectivity index (χ3v) is 4.46. The van der Waals surface area contributed by atoms with Gasteiger partial charge in [-0.1, -0.05) is 17.7 Å². The normalized spacial score (nSPS) is 12.5. The van der Waals surface area contributed by atoms with Crippen LogP contribution in [0, 0.1) is 3.57 Å². The van der Waals surface area contributed by atoms with Gasteiger partial charge >= 0.3 is 0 Å². The van der Waals surface area contributed by atoms with E-state index in [1.165, 1.54) is 0 Å². The lowest BCUT2D eigenvalue weighted by Gasteiger charge is -2.18. The SMILES string of the molecule is CC(C)Oc1cncc(C(NN)c2ccc(I)c(Cl)c2)c1. The Hall–Kier alpha value is -0.890. The Morgan fingerprint density at radius 2 is 2.00 bits per heavy atom. The molecule has 1 aromatic heterocycles. The molecule has 3 N–H and O–H groups in total. The number of hydrogen-bond acceptors (Lipinski definition) is 4. The second-order valence-electron chi connectivity index (χ2n) is 4.89. The van der Waals surface area contributed by atoms with E-state index >= 15 is 0 Å². The summed E-state index contributed by atoms with van der Waals surface area (Å²) in [5, 5.41) is 0.705. The summed E-state index contributed by atoms with van der Waals surface area (Å²) in [6.45, 7) is 3.95. The highest BCUT2D eigenvalue weighted by Gasteiger charge is 2.15. The van der Waals surface area contributed by atoms with Gasteiger partial charge in [0.1, 0.15) is 5.75 Å². The molecule has 0 spiro atoms. The van der Waals surface area contributed by atoms with E-state index < -0.39 is 0 Å². The predicted octanol–water partition coefficient (Wildman–Crippen LogP) is 3.68. The summed E-state index contributed by atoms with van der Waals surface area (Å²) in [5.74, 6) is 6.43. The van der Waals surface area contributed by atoms with Gasteiger partial charge in [0.2, 0.25) is 0 Å². The number of nitrogens with two attached hydrogens (primary N) is 1. The lowest BCUT2D eigenvalue weighted by molar-refractivity contribution is 0.241. The minimum Gasteiger partial charge on any atom is -0.489 e. The van der Waals surface area contributed by atoms with Crippen LogP contribution < -0.4 is 16.0 Å². The fourth-order valence-corrected chi connectivity index (χ4v) is 2.53. The molecular weight excluding hydrogens is 401 g/mol. The van der Waals surface area contributed by atoms with Crippen molar-refractivity contribution in [3.05, 3.63) is 56.4 Å². The van der Waals surface area contributed by atoms with Crippen LogP contribution in [-0.2, 0) is 0 Å². The highest BCUT2D eigenvalue weighted by atomic mass is 127. The monoisotopic (exact) mass is 417 g/mol. The molecule has 21 heavy (non-hydrogen) atoms. The third-order valence-electron chi connectivity index (χ3n) is 2.88. The summed E-state index contributed by atoms with van der Waals surface area (Å²) in [4.78, 5) is 4.22. The van der Waals surface area contributed by atoms with Crippen molar-refractivity contribution in [1.82, 2.24) is 10.4 Å². The van der Waals surface area contributed by atoms with Crippen LogP contribution >= 0.6 is 34.2 Å². The third kappa shape index (κ3) is 4.29. The van der Waals surface area contributed by atoms with Gasteiger partial charge in [-0.15, -0.1) is 0 Å². The molecule has 1 heterocycles. The summed E-state index contributed by atoms with van der Waals surface area (Å²) in [7, 11) is 0. The van der Waals surface area contributed by atoms with Crippen LogP contribution in [0.15, 0.2) is 36.7 Å². The number of halogens is 2. The van der Waals surface area contributed by atoms with Crippen LogP contribution in [0.25, 0.3) is 0 Å². The standard InChI is InChI=1S/C15H17ClIN3O/c1-9(2)21-12-5-11(7-19-8-12)15(20-18)10-3-4-14(17)13(16)6-10/h3-9,15,20H,18H2,1-2H3. The molecule has 0 saturated heterocycles. The van der Waals surface area contributed by atoms with E-state index in [-0.39, 0.29) is 12.1 Å². The van der Waals surface area contributed by atoms with Gasteiger partial charge in [0, 0.05) is 9.77 Å². The van der Waals surface area contributed by atoms with Gasteiger partial charge in [0.05, 0.1) is 23.4 Å². The first kappa shape index (κ1) is 16.5. The molecule has 0 fully saturated rings. The minimum absolute atomic E-state index is 0.0964. The van der Waals surface area contributed by atoms with E-state index in [9.17, 15) is 0 Å². The van der Waals surface area contributed by atoms with E-state index in [1.807, 2.05) is 38.1 Å². The molecule has 4 nitrogen and oxygen atoms in total. The number of nitrogens with one attached hydrogen (secondary N) is 1. The molecule has 0 radical (unpaired) electrons. The number of pyridine rings is 1. The molecule has 112 valence electrons. The van der Waals surface area contributed by atoms with Crippen molar-refractivity contribution in [1.29, 1.82) is 0 Å². The summed E-state index contributed by atoms with van der Waals surface area (Å²) >= 11 is 8.38. The Morgan fingerprint density at radius 3 is 2.62 bits per heavy atom. The van der Waals surface area contributed by atoms with Crippen LogP contribution in [0.4, 0.5) is 0 Å². The molecule has 0 aliphatic carbocycles. The lowest BCUT2D eigenvalue weighted by Crippen LogP contribution is -2.29. The van der Waals surface area contributed by atoms with Crippen molar-refractivity contribution in [2.75, 3.05) is 0 Å². The lowest BCUT2D eigenvalue weighted by atomic mass is 10.0. The summed E-state index contributed by atoms with van der Waals surface area (Å²) in [6, 6.07) is 7.61. The minimum atomic E-state index is -0.192. The zero-order valence-corrected chi connectivity index (χ0v) is 14.7. The summed E-state index contributed by atoms with van der Waals surface area (Å²) in [5.41, 5.74) is 4.71. The van der Waals surface area contributed by atoms with Crippen molar-refractivity contribution >= 4 is 34.2 Å². The van der Waals surface area contributed by atoms with Crippen molar-refractivity contribution in [3.63, 3.8) is 0 Å². The van der Waals surface area contributed by atoms with Crippen LogP contribution in [0.5, 0.6) is 5.75 Å². The first-order valence-corrected chi connectivity index (χ1v) is 7.99. The molecule has 1 aromatic carbocycles. The molecule has 6 heteroatoms. The molecule has 0 amide bonds. The van der Waals surface area contributed by atoms with Gasteiger partial charge in [0.25, 0.3) is 0 Å². The fourth-order valence-electron chi connectivity index (χ4n) is 2.01. The van der Waals surface area contributed by atoms with Crippen molar-refractivity contribution < 1.29 is 4.74 Å². The van der Waals surface area contributed by atoms with Gasteiger partial charge in [-0.3, -0.25) is 10.8 Å². The van der Waals surface area contributed by atoms with Crippen molar-refractivity contribution in [2.24, 2.45) is 5.84 Å². The molecule has 0 bridgehead atoms. The predicted molar refractivity (Wildman–Crippen MR) is 93.3 cm³/mol. The summed E-state index contributed by atoms with van der Waals surface area (Å²) in [6.07, 6.45) is 3.56. The number of hydrazine groups is 1. The largest absolute Gasteiger partial charge is 0.489 e. The highest BCUT2D eigenvalue weighted by Crippen LogP contribution is 2.28. The maximum atomic E-state index is 6.19. The topological polar surface area (TPSA) is 60.2 Å². The van der Waals surface area contributed by atoms with E-state index in [0.29, 0.717) is 5.02 Å². The number of aromatic nitrogens is 1.